The Morgan fingerprint density at radius 3 is 2.03 bits per heavy atom. The molecule has 2 atom stereocenters. The number of benzene rings is 2. The first kappa shape index (κ1) is 24.6. The molecule has 1 aliphatic rings. The van der Waals surface area contributed by atoms with Crippen LogP contribution in [0.25, 0.3) is 0 Å². The summed E-state index contributed by atoms with van der Waals surface area (Å²) in [5.74, 6) is -3.22. The summed E-state index contributed by atoms with van der Waals surface area (Å²) >= 11 is -1.98. The molecule has 0 bridgehead atoms. The Balaban J connectivity index is 1.86. The van der Waals surface area contributed by atoms with Crippen LogP contribution >= 0.6 is 19.8 Å². The van der Waals surface area contributed by atoms with Crippen molar-refractivity contribution in [2.75, 3.05) is 26.8 Å². The van der Waals surface area contributed by atoms with E-state index in [1.807, 2.05) is 58.4 Å². The normalized spacial score (nSPS) is 14.2. The summed E-state index contributed by atoms with van der Waals surface area (Å²) < 4.78 is 12.2. The molecule has 0 saturated carbocycles. The van der Waals surface area contributed by atoms with Gasteiger partial charge >= 0.3 is 198 Å². The molecular formula is C23H25FIN3O5. The zero-order valence-electron chi connectivity index (χ0n) is 18.2. The third-order valence-corrected chi connectivity index (χ3v) is 9.20. The number of aliphatic carboxylic acids is 1. The molecule has 176 valence electrons. The number of amides is 2. The van der Waals surface area contributed by atoms with E-state index in [1.165, 1.54) is 0 Å². The predicted molar refractivity (Wildman–Crippen MR) is 133 cm³/mol. The van der Waals surface area contributed by atoms with E-state index in [0.717, 1.165) is 11.4 Å². The number of halogens is 2. The Kier molecular flexibility index (Phi) is 8.01. The Bertz CT molecular complexity index is 1030. The summed E-state index contributed by atoms with van der Waals surface area (Å²) in [6, 6.07) is 13.2. The van der Waals surface area contributed by atoms with E-state index in [4.69, 9.17) is 5.11 Å². The van der Waals surface area contributed by atoms with Gasteiger partial charge in [0.25, 0.3) is 0 Å². The van der Waals surface area contributed by atoms with E-state index in [9.17, 15) is 23.6 Å². The van der Waals surface area contributed by atoms with E-state index >= 15 is 0 Å². The SMILES string of the molecule is CI(C)[C@H](CC(=O)N1c2ccccc2Nc2ccccc21)C(=O)NC(CC(=O)O)C(=O)CF. The third kappa shape index (κ3) is 5.67. The third-order valence-electron chi connectivity index (χ3n) is 5.19. The van der Waals surface area contributed by atoms with Gasteiger partial charge in [-0.1, -0.05) is 0 Å². The molecule has 33 heavy (non-hydrogen) atoms. The molecule has 2 amide bonds. The first-order chi connectivity index (χ1) is 15.7. The number of fused-ring (bicyclic) bond motifs is 2. The topological polar surface area (TPSA) is 116 Å². The number of nitrogens with zero attached hydrogens (tertiary/aromatic N) is 1. The number of alkyl halides is 4. The quantitative estimate of drug-likeness (QED) is 0.315. The Morgan fingerprint density at radius 1 is 1.00 bits per heavy atom. The second-order valence-corrected chi connectivity index (χ2v) is 13.8. The van der Waals surface area contributed by atoms with Crippen LogP contribution in [0.5, 0.6) is 0 Å². The molecule has 0 aromatic heterocycles. The van der Waals surface area contributed by atoms with Gasteiger partial charge in [0, 0.05) is 0 Å². The standard InChI is InChI=1S/C23H25FIN3O5/c1-25(2)14(23(33)27-17(12-22(31)32)20(29)13-24)11-21(30)28-18-9-5-3-7-15(18)26-16-8-4-6-10-19(16)28/h3-10,14,17,26H,11-13H2,1-2H3,(H,27,33)(H,31,32)/t14-,17?/m1/s1. The Labute approximate surface area is 197 Å². The van der Waals surface area contributed by atoms with Gasteiger partial charge in [0.1, 0.15) is 0 Å². The molecule has 3 rings (SSSR count). The number of anilines is 4. The number of hydrogen-bond donors (Lipinski definition) is 3. The molecule has 1 aliphatic heterocycles. The fourth-order valence-electron chi connectivity index (χ4n) is 3.56. The Hall–Kier alpha value is -3.02. The first-order valence-corrected chi connectivity index (χ1v) is 15.7. The second-order valence-electron chi connectivity index (χ2n) is 7.63. The fraction of sp³-hybridized carbons (Fsp3) is 0.304. The molecule has 0 radical (unpaired) electrons. The van der Waals surface area contributed by atoms with E-state index in [0.29, 0.717) is 11.4 Å². The molecular weight excluding hydrogens is 544 g/mol. The number of carbonyl (C=O) groups is 4. The minimum atomic E-state index is -1.98. The number of carboxylic acid groups (broad SMARTS) is 1. The molecule has 1 heterocycles. The number of rotatable bonds is 9. The van der Waals surface area contributed by atoms with Gasteiger partial charge in [0.05, 0.1) is 0 Å². The van der Waals surface area contributed by atoms with Crippen LogP contribution in [0.3, 0.4) is 0 Å². The zero-order valence-corrected chi connectivity index (χ0v) is 20.3. The van der Waals surface area contributed by atoms with Crippen molar-refractivity contribution in [1.82, 2.24) is 5.32 Å². The molecule has 0 spiro atoms. The summed E-state index contributed by atoms with van der Waals surface area (Å²) in [4.78, 5) is 54.7. The number of nitrogens with one attached hydrogen (secondary N) is 2. The van der Waals surface area contributed by atoms with Crippen LogP contribution in [0.2, 0.25) is 0 Å². The van der Waals surface area contributed by atoms with Crippen LogP contribution in [0.4, 0.5) is 27.1 Å². The number of carbonyl (C=O) groups excluding carboxylic acids is 3. The van der Waals surface area contributed by atoms with Crippen molar-refractivity contribution < 1.29 is 28.7 Å². The summed E-state index contributed by atoms with van der Waals surface area (Å²) in [6.07, 6.45) is -0.828. The predicted octanol–water partition coefficient (Wildman–Crippen LogP) is 3.43. The van der Waals surface area contributed by atoms with Gasteiger partial charge in [-0.15, -0.1) is 0 Å². The first-order valence-electron chi connectivity index (χ1n) is 10.1. The van der Waals surface area contributed by atoms with Crippen LogP contribution in [0.1, 0.15) is 12.8 Å². The van der Waals surface area contributed by atoms with Crippen LogP contribution in [-0.2, 0) is 19.2 Å². The van der Waals surface area contributed by atoms with E-state index in [-0.39, 0.29) is 12.3 Å². The van der Waals surface area contributed by atoms with Gasteiger partial charge in [0.15, 0.2) is 0 Å². The molecule has 10 heteroatoms. The average molecular weight is 569 g/mol. The summed E-state index contributed by atoms with van der Waals surface area (Å²) in [5, 5.41) is 14.7. The Morgan fingerprint density at radius 2 is 1.55 bits per heavy atom. The van der Waals surface area contributed by atoms with Gasteiger partial charge < -0.3 is 0 Å². The van der Waals surface area contributed by atoms with Gasteiger partial charge in [0.2, 0.25) is 0 Å². The molecule has 0 aliphatic carbocycles. The van der Waals surface area contributed by atoms with Crippen LogP contribution in [0, 0.1) is 0 Å². The van der Waals surface area contributed by atoms with Crippen molar-refractivity contribution in [2.24, 2.45) is 0 Å². The number of hydrogen-bond acceptors (Lipinski definition) is 5. The van der Waals surface area contributed by atoms with Gasteiger partial charge in [-0.25, -0.2) is 0 Å². The van der Waals surface area contributed by atoms with Crippen molar-refractivity contribution in [3.8, 4) is 0 Å². The number of Topliss-reactive ketones (excluding diaryl/α,β-unsaturated/α-hetero) is 1. The van der Waals surface area contributed by atoms with Gasteiger partial charge in [-0.3, -0.25) is 0 Å². The maximum absolute atomic E-state index is 13.5. The van der Waals surface area contributed by atoms with Crippen molar-refractivity contribution in [2.45, 2.75) is 22.8 Å². The maximum atomic E-state index is 13.5. The summed E-state index contributed by atoms with van der Waals surface area (Å²) in [6.45, 7) is -1.38. The number of para-hydroxylation sites is 4. The van der Waals surface area contributed by atoms with Crippen LogP contribution in [0.15, 0.2) is 48.5 Å². The molecule has 2 aromatic carbocycles. The molecule has 2 aromatic rings. The molecule has 0 fully saturated rings. The molecule has 8 nitrogen and oxygen atoms in total. The number of carboxylic acids is 1. The zero-order chi connectivity index (χ0) is 24.1. The van der Waals surface area contributed by atoms with Gasteiger partial charge in [-0.05, 0) is 0 Å². The van der Waals surface area contributed by atoms with Crippen LogP contribution < -0.4 is 15.5 Å². The van der Waals surface area contributed by atoms with Crippen LogP contribution in [-0.4, -0.2) is 55.2 Å². The summed E-state index contributed by atoms with van der Waals surface area (Å²) in [5.41, 5.74) is 2.82. The fourth-order valence-corrected chi connectivity index (χ4v) is 6.13. The van der Waals surface area contributed by atoms with E-state index in [1.54, 1.807) is 4.90 Å². The number of ketones is 1. The monoisotopic (exact) mass is 569 g/mol. The summed E-state index contributed by atoms with van der Waals surface area (Å²) in [7, 11) is 0. The van der Waals surface area contributed by atoms with Crippen molar-refractivity contribution in [3.05, 3.63) is 48.5 Å². The molecule has 0 saturated heterocycles. The average Bonchev–Trinajstić information content (AvgIpc) is 2.79. The van der Waals surface area contributed by atoms with Gasteiger partial charge in [-0.2, -0.15) is 0 Å². The van der Waals surface area contributed by atoms with E-state index < -0.39 is 60.5 Å². The minimum absolute atomic E-state index is 0.115. The van der Waals surface area contributed by atoms with Crippen molar-refractivity contribution >= 4 is 66.1 Å². The van der Waals surface area contributed by atoms with Crippen molar-refractivity contribution in [1.29, 1.82) is 0 Å². The van der Waals surface area contributed by atoms with Crippen molar-refractivity contribution in [3.63, 3.8) is 0 Å². The van der Waals surface area contributed by atoms with E-state index in [2.05, 4.69) is 10.6 Å². The second kappa shape index (κ2) is 10.7. The molecule has 1 unspecified atom stereocenters. The molecule has 3 N–H and O–H groups in total.